The molecule has 8 nitrogen and oxygen atoms in total. The monoisotopic (exact) mass is 380 g/mol. The van der Waals surface area contributed by atoms with Crippen LogP contribution in [0.1, 0.15) is 18.2 Å². The minimum absolute atomic E-state index is 0.0328. The number of sulfonamides is 1. The number of ether oxygens (including phenoxy) is 1. The van der Waals surface area contributed by atoms with Crippen LogP contribution in [0.3, 0.4) is 0 Å². The number of carbonyl (C=O) groups is 2. The SMILES string of the molecule is Cc1ccc(S(=O)(=O)N(CC(=O)O[C@@H](C)C(N)=O)Cc2ccco2)cc1. The molecule has 0 fully saturated rings. The molecule has 0 saturated carbocycles. The van der Waals surface area contributed by atoms with Gasteiger partial charge in [-0.2, -0.15) is 4.31 Å². The van der Waals surface area contributed by atoms with E-state index in [0.29, 0.717) is 5.76 Å². The molecule has 2 N–H and O–H groups in total. The first-order valence-electron chi connectivity index (χ1n) is 7.78. The lowest BCUT2D eigenvalue weighted by molar-refractivity contribution is -0.154. The topological polar surface area (TPSA) is 120 Å². The largest absolute Gasteiger partial charge is 0.468 e. The van der Waals surface area contributed by atoms with Gasteiger partial charge in [-0.3, -0.25) is 9.59 Å². The first-order chi connectivity index (χ1) is 12.2. The van der Waals surface area contributed by atoms with Crippen molar-refractivity contribution < 1.29 is 27.2 Å². The van der Waals surface area contributed by atoms with Crippen LogP contribution in [-0.2, 0) is 30.9 Å². The van der Waals surface area contributed by atoms with Gasteiger partial charge in [0.1, 0.15) is 12.3 Å². The Morgan fingerprint density at radius 3 is 2.42 bits per heavy atom. The smallest absolute Gasteiger partial charge is 0.322 e. The summed E-state index contributed by atoms with van der Waals surface area (Å²) in [6, 6.07) is 9.43. The Hall–Kier alpha value is -2.65. The van der Waals surface area contributed by atoms with Gasteiger partial charge in [0.2, 0.25) is 10.0 Å². The molecule has 140 valence electrons. The normalized spacial score (nSPS) is 12.7. The maximum Gasteiger partial charge on any atom is 0.322 e. The Kier molecular flexibility index (Phi) is 6.17. The summed E-state index contributed by atoms with van der Waals surface area (Å²) in [5.41, 5.74) is 5.95. The molecule has 0 unspecified atom stereocenters. The molecule has 0 aliphatic heterocycles. The quantitative estimate of drug-likeness (QED) is 0.687. The van der Waals surface area contributed by atoms with Crippen LogP contribution in [0.4, 0.5) is 0 Å². The van der Waals surface area contributed by atoms with Crippen molar-refractivity contribution in [2.75, 3.05) is 6.54 Å². The molecule has 0 aliphatic carbocycles. The maximum absolute atomic E-state index is 12.9. The van der Waals surface area contributed by atoms with Crippen molar-refractivity contribution in [3.63, 3.8) is 0 Å². The van der Waals surface area contributed by atoms with Crippen molar-refractivity contribution in [3.8, 4) is 0 Å². The molecule has 1 atom stereocenters. The molecular weight excluding hydrogens is 360 g/mol. The first kappa shape index (κ1) is 19.7. The van der Waals surface area contributed by atoms with E-state index in [0.717, 1.165) is 9.87 Å². The van der Waals surface area contributed by atoms with Gasteiger partial charge in [-0.1, -0.05) is 17.7 Å². The highest BCUT2D eigenvalue weighted by Crippen LogP contribution is 2.19. The summed E-state index contributed by atoms with van der Waals surface area (Å²) in [6.45, 7) is 2.39. The van der Waals surface area contributed by atoms with Gasteiger partial charge < -0.3 is 14.9 Å². The average Bonchev–Trinajstić information content (AvgIpc) is 3.07. The number of nitrogens with zero attached hydrogens (tertiary/aromatic N) is 1. The van der Waals surface area contributed by atoms with Crippen molar-refractivity contribution in [1.82, 2.24) is 4.31 Å². The van der Waals surface area contributed by atoms with E-state index in [1.165, 1.54) is 25.3 Å². The Morgan fingerprint density at radius 2 is 1.88 bits per heavy atom. The molecule has 2 rings (SSSR count). The molecule has 0 bridgehead atoms. The summed E-state index contributed by atoms with van der Waals surface area (Å²) in [7, 11) is -3.99. The van der Waals surface area contributed by atoms with Gasteiger partial charge in [-0.05, 0) is 38.1 Å². The van der Waals surface area contributed by atoms with Crippen LogP contribution in [0.15, 0.2) is 52.0 Å². The zero-order chi connectivity index (χ0) is 19.3. The molecule has 26 heavy (non-hydrogen) atoms. The van der Waals surface area contributed by atoms with Gasteiger partial charge in [-0.15, -0.1) is 0 Å². The third-order valence-corrected chi connectivity index (χ3v) is 5.39. The van der Waals surface area contributed by atoms with E-state index in [1.54, 1.807) is 24.3 Å². The summed E-state index contributed by atoms with van der Waals surface area (Å²) in [6.07, 6.45) is 0.245. The fourth-order valence-electron chi connectivity index (χ4n) is 2.10. The van der Waals surface area contributed by atoms with Gasteiger partial charge in [-0.25, -0.2) is 8.42 Å². The molecule has 0 spiro atoms. The second-order valence-electron chi connectivity index (χ2n) is 5.70. The number of nitrogens with two attached hydrogens (primary N) is 1. The minimum Gasteiger partial charge on any atom is -0.468 e. The van der Waals surface area contributed by atoms with Gasteiger partial charge >= 0.3 is 5.97 Å². The highest BCUT2D eigenvalue weighted by Gasteiger charge is 2.29. The number of benzene rings is 1. The van der Waals surface area contributed by atoms with Crippen LogP contribution >= 0.6 is 0 Å². The Labute approximate surface area is 151 Å². The Bertz CT molecular complexity index is 859. The molecule has 2 aromatic rings. The second-order valence-corrected chi connectivity index (χ2v) is 7.64. The van der Waals surface area contributed by atoms with Crippen molar-refractivity contribution in [3.05, 3.63) is 54.0 Å². The van der Waals surface area contributed by atoms with Gasteiger partial charge in [0.05, 0.1) is 17.7 Å². The zero-order valence-corrected chi connectivity index (χ0v) is 15.2. The summed E-state index contributed by atoms with van der Waals surface area (Å²) >= 11 is 0. The van der Waals surface area contributed by atoms with Crippen molar-refractivity contribution in [1.29, 1.82) is 0 Å². The van der Waals surface area contributed by atoms with E-state index in [-0.39, 0.29) is 11.4 Å². The average molecular weight is 380 g/mol. The van der Waals surface area contributed by atoms with Crippen molar-refractivity contribution in [2.24, 2.45) is 5.73 Å². The van der Waals surface area contributed by atoms with Crippen LogP contribution in [0.25, 0.3) is 0 Å². The van der Waals surface area contributed by atoms with E-state index in [4.69, 9.17) is 14.9 Å². The van der Waals surface area contributed by atoms with Gasteiger partial charge in [0.25, 0.3) is 5.91 Å². The van der Waals surface area contributed by atoms with E-state index in [9.17, 15) is 18.0 Å². The third-order valence-electron chi connectivity index (χ3n) is 3.59. The van der Waals surface area contributed by atoms with E-state index >= 15 is 0 Å². The number of rotatable bonds is 8. The molecule has 0 radical (unpaired) electrons. The summed E-state index contributed by atoms with van der Waals surface area (Å²) < 4.78 is 36.8. The van der Waals surface area contributed by atoms with Crippen molar-refractivity contribution in [2.45, 2.75) is 31.4 Å². The highest BCUT2D eigenvalue weighted by atomic mass is 32.2. The highest BCUT2D eigenvalue weighted by molar-refractivity contribution is 7.89. The molecule has 1 aromatic heterocycles. The van der Waals surface area contributed by atoms with E-state index in [2.05, 4.69) is 0 Å². The first-order valence-corrected chi connectivity index (χ1v) is 9.22. The predicted octanol–water partition coefficient (Wildman–Crippen LogP) is 1.20. The lowest BCUT2D eigenvalue weighted by atomic mass is 10.2. The van der Waals surface area contributed by atoms with Gasteiger partial charge in [0.15, 0.2) is 6.10 Å². The number of aryl methyl sites for hydroxylation is 1. The lowest BCUT2D eigenvalue weighted by Gasteiger charge is -2.21. The van der Waals surface area contributed by atoms with E-state index < -0.39 is 34.5 Å². The number of esters is 1. The molecule has 1 aromatic carbocycles. The van der Waals surface area contributed by atoms with Crippen LogP contribution in [0, 0.1) is 6.92 Å². The Morgan fingerprint density at radius 1 is 1.23 bits per heavy atom. The lowest BCUT2D eigenvalue weighted by Crippen LogP contribution is -2.39. The van der Waals surface area contributed by atoms with Crippen LogP contribution in [0.5, 0.6) is 0 Å². The fourth-order valence-corrected chi connectivity index (χ4v) is 3.45. The summed E-state index contributed by atoms with van der Waals surface area (Å²) in [5.74, 6) is -1.35. The molecule has 0 saturated heterocycles. The van der Waals surface area contributed by atoms with Crippen LogP contribution in [0.2, 0.25) is 0 Å². The molecular formula is C17H20N2O6S. The fraction of sp³-hybridized carbons (Fsp3) is 0.294. The number of primary amides is 1. The van der Waals surface area contributed by atoms with Crippen LogP contribution < -0.4 is 5.73 Å². The maximum atomic E-state index is 12.9. The van der Waals surface area contributed by atoms with Crippen molar-refractivity contribution >= 4 is 21.9 Å². The van der Waals surface area contributed by atoms with Gasteiger partial charge in [0, 0.05) is 0 Å². The Balaban J connectivity index is 2.26. The predicted molar refractivity (Wildman–Crippen MR) is 92.2 cm³/mol. The number of furan rings is 1. The molecule has 9 heteroatoms. The van der Waals surface area contributed by atoms with Crippen LogP contribution in [-0.4, -0.2) is 37.2 Å². The number of hydrogen-bond donors (Lipinski definition) is 1. The standard InChI is InChI=1S/C17H20N2O6S/c1-12-5-7-15(8-6-12)26(22,23)19(10-14-4-3-9-24-14)11-16(20)25-13(2)17(18)21/h3-9,13H,10-11H2,1-2H3,(H2,18,21)/t13-/m0/s1. The molecule has 1 heterocycles. The zero-order valence-electron chi connectivity index (χ0n) is 14.4. The summed E-state index contributed by atoms with van der Waals surface area (Å²) in [4.78, 5) is 23.1. The number of carbonyl (C=O) groups excluding carboxylic acids is 2. The second kappa shape index (κ2) is 8.15. The van der Waals surface area contributed by atoms with E-state index in [1.807, 2.05) is 6.92 Å². The number of amides is 1. The third kappa shape index (κ3) is 4.93. The molecule has 1 amide bonds. The minimum atomic E-state index is -3.99. The molecule has 0 aliphatic rings. The number of hydrogen-bond acceptors (Lipinski definition) is 6. The summed E-state index contributed by atoms with van der Waals surface area (Å²) in [5, 5.41) is 0.